The van der Waals surface area contributed by atoms with Crippen LogP contribution in [0.25, 0.3) is 0 Å². The number of rotatable bonds is 1. The van der Waals surface area contributed by atoms with Crippen LogP contribution in [0.15, 0.2) is 21.6 Å². The Morgan fingerprint density at radius 3 is 2.75 bits per heavy atom. The maximum absolute atomic E-state index is 4.99. The molecule has 0 spiro atoms. The molecule has 0 aromatic carbocycles. The summed E-state index contributed by atoms with van der Waals surface area (Å²) in [5.41, 5.74) is 0. The summed E-state index contributed by atoms with van der Waals surface area (Å²) in [6, 6.07) is 1.90. The summed E-state index contributed by atoms with van der Waals surface area (Å²) < 4.78 is 4.99. The zero-order chi connectivity index (χ0) is 5.98. The van der Waals surface area contributed by atoms with Crippen LogP contribution in [0.3, 0.4) is 0 Å². The SMILES string of the molecule is Cc1occc1SS. The lowest BCUT2D eigenvalue weighted by atomic mass is 10.5. The third-order valence-corrected chi connectivity index (χ3v) is 2.12. The Hall–Kier alpha value is -0.0200. The van der Waals surface area contributed by atoms with Gasteiger partial charge in [-0.2, -0.15) is 0 Å². The van der Waals surface area contributed by atoms with Crippen LogP contribution in [0, 0.1) is 6.92 Å². The summed E-state index contributed by atoms with van der Waals surface area (Å²) in [6.07, 6.45) is 1.66. The second kappa shape index (κ2) is 2.51. The summed E-state index contributed by atoms with van der Waals surface area (Å²) >= 11 is 4.00. The lowest BCUT2D eigenvalue weighted by Crippen LogP contribution is -1.60. The molecule has 0 fully saturated rings. The minimum atomic E-state index is 0.935. The van der Waals surface area contributed by atoms with Gasteiger partial charge in [0.05, 0.1) is 11.2 Å². The van der Waals surface area contributed by atoms with Crippen molar-refractivity contribution in [3.05, 3.63) is 18.1 Å². The Bertz CT molecular complexity index is 171. The maximum atomic E-state index is 4.99. The van der Waals surface area contributed by atoms with Crippen molar-refractivity contribution in [1.29, 1.82) is 0 Å². The van der Waals surface area contributed by atoms with E-state index in [1.807, 2.05) is 13.0 Å². The highest BCUT2D eigenvalue weighted by atomic mass is 33.1. The van der Waals surface area contributed by atoms with Gasteiger partial charge >= 0.3 is 0 Å². The molecule has 0 unspecified atom stereocenters. The fourth-order valence-electron chi connectivity index (χ4n) is 0.468. The Morgan fingerprint density at radius 1 is 1.75 bits per heavy atom. The van der Waals surface area contributed by atoms with Crippen LogP contribution >= 0.6 is 22.5 Å². The molecular formula is C5H6OS2. The van der Waals surface area contributed by atoms with Crippen molar-refractivity contribution in [2.24, 2.45) is 0 Å². The Balaban J connectivity index is 2.92. The third-order valence-electron chi connectivity index (χ3n) is 0.910. The molecule has 0 atom stereocenters. The van der Waals surface area contributed by atoms with Crippen LogP contribution < -0.4 is 0 Å². The van der Waals surface area contributed by atoms with Crippen molar-refractivity contribution >= 4 is 22.5 Å². The first-order valence-corrected chi connectivity index (χ1v) is 4.07. The Morgan fingerprint density at radius 2 is 2.50 bits per heavy atom. The van der Waals surface area contributed by atoms with Gasteiger partial charge in [0.2, 0.25) is 0 Å². The van der Waals surface area contributed by atoms with Crippen LogP contribution in [0.2, 0.25) is 0 Å². The minimum absolute atomic E-state index is 0.935. The Labute approximate surface area is 57.3 Å². The van der Waals surface area contributed by atoms with E-state index in [9.17, 15) is 0 Å². The van der Waals surface area contributed by atoms with Crippen LogP contribution in [0.1, 0.15) is 5.76 Å². The van der Waals surface area contributed by atoms with Gasteiger partial charge in [-0.05, 0) is 13.0 Å². The van der Waals surface area contributed by atoms with Crippen molar-refractivity contribution in [2.45, 2.75) is 11.8 Å². The van der Waals surface area contributed by atoms with Gasteiger partial charge in [0.1, 0.15) is 5.76 Å². The molecule has 0 aliphatic carbocycles. The molecule has 0 bridgehead atoms. The third kappa shape index (κ3) is 1.03. The molecule has 0 N–H and O–H groups in total. The van der Waals surface area contributed by atoms with E-state index in [0.29, 0.717) is 0 Å². The van der Waals surface area contributed by atoms with E-state index in [2.05, 4.69) is 11.7 Å². The molecular weight excluding hydrogens is 140 g/mol. The molecule has 0 radical (unpaired) electrons. The predicted molar refractivity (Wildman–Crippen MR) is 38.3 cm³/mol. The van der Waals surface area contributed by atoms with Crippen LogP contribution in [0.4, 0.5) is 0 Å². The van der Waals surface area contributed by atoms with E-state index in [0.717, 1.165) is 10.7 Å². The first-order valence-electron chi connectivity index (χ1n) is 2.20. The fourth-order valence-corrected chi connectivity index (χ4v) is 1.33. The van der Waals surface area contributed by atoms with Crippen LogP contribution in [-0.2, 0) is 0 Å². The molecule has 1 rings (SSSR count). The minimum Gasteiger partial charge on any atom is -0.468 e. The van der Waals surface area contributed by atoms with Gasteiger partial charge in [0.15, 0.2) is 0 Å². The predicted octanol–water partition coefficient (Wildman–Crippen LogP) is 2.52. The largest absolute Gasteiger partial charge is 0.468 e. The van der Waals surface area contributed by atoms with Gasteiger partial charge < -0.3 is 4.42 Å². The zero-order valence-electron chi connectivity index (χ0n) is 4.42. The highest BCUT2D eigenvalue weighted by Gasteiger charge is 1.96. The molecule has 1 heterocycles. The highest BCUT2D eigenvalue weighted by molar-refractivity contribution is 8.68. The maximum Gasteiger partial charge on any atom is 0.115 e. The number of hydrogen-bond donors (Lipinski definition) is 1. The molecule has 0 amide bonds. The summed E-state index contributed by atoms with van der Waals surface area (Å²) in [4.78, 5) is 1.09. The second-order valence-electron chi connectivity index (χ2n) is 1.43. The molecule has 3 heteroatoms. The van der Waals surface area contributed by atoms with Gasteiger partial charge in [-0.1, -0.05) is 10.8 Å². The van der Waals surface area contributed by atoms with E-state index >= 15 is 0 Å². The Kier molecular flexibility index (Phi) is 1.91. The lowest BCUT2D eigenvalue weighted by Gasteiger charge is -1.84. The van der Waals surface area contributed by atoms with Crippen molar-refractivity contribution in [3.63, 3.8) is 0 Å². The monoisotopic (exact) mass is 146 g/mol. The first kappa shape index (κ1) is 6.11. The zero-order valence-corrected chi connectivity index (χ0v) is 6.13. The van der Waals surface area contributed by atoms with Crippen molar-refractivity contribution in [3.8, 4) is 0 Å². The number of aryl methyl sites for hydroxylation is 1. The smallest absolute Gasteiger partial charge is 0.115 e. The molecule has 1 aromatic rings. The van der Waals surface area contributed by atoms with Crippen LogP contribution in [-0.4, -0.2) is 0 Å². The summed E-state index contributed by atoms with van der Waals surface area (Å²) in [5, 5.41) is 0. The quantitative estimate of drug-likeness (QED) is 0.483. The summed E-state index contributed by atoms with van der Waals surface area (Å²) in [5.74, 6) is 0.935. The van der Waals surface area contributed by atoms with Gasteiger partial charge in [0.25, 0.3) is 0 Å². The number of furan rings is 1. The lowest BCUT2D eigenvalue weighted by molar-refractivity contribution is 0.527. The normalized spacial score (nSPS) is 9.75. The fraction of sp³-hybridized carbons (Fsp3) is 0.200. The van der Waals surface area contributed by atoms with Crippen LogP contribution in [0.5, 0.6) is 0 Å². The van der Waals surface area contributed by atoms with E-state index in [1.165, 1.54) is 10.8 Å². The topological polar surface area (TPSA) is 13.1 Å². The molecule has 0 aliphatic heterocycles. The molecule has 0 saturated heterocycles. The van der Waals surface area contributed by atoms with Gasteiger partial charge in [-0.15, -0.1) is 11.7 Å². The number of hydrogen-bond acceptors (Lipinski definition) is 3. The average molecular weight is 146 g/mol. The molecule has 8 heavy (non-hydrogen) atoms. The van der Waals surface area contributed by atoms with E-state index in [4.69, 9.17) is 4.42 Å². The van der Waals surface area contributed by atoms with E-state index < -0.39 is 0 Å². The standard InChI is InChI=1S/C5H6OS2/c1-4-5(8-7)2-3-6-4/h2-3,7H,1H3. The molecule has 1 nitrogen and oxygen atoms in total. The van der Waals surface area contributed by atoms with Gasteiger partial charge in [-0.25, -0.2) is 0 Å². The van der Waals surface area contributed by atoms with Gasteiger partial charge in [-0.3, -0.25) is 0 Å². The number of thiol groups is 1. The summed E-state index contributed by atoms with van der Waals surface area (Å²) in [7, 11) is 1.40. The van der Waals surface area contributed by atoms with Gasteiger partial charge in [0, 0.05) is 0 Å². The van der Waals surface area contributed by atoms with Crippen molar-refractivity contribution in [1.82, 2.24) is 0 Å². The second-order valence-corrected chi connectivity index (χ2v) is 2.60. The van der Waals surface area contributed by atoms with E-state index in [-0.39, 0.29) is 0 Å². The van der Waals surface area contributed by atoms with Crippen molar-refractivity contribution in [2.75, 3.05) is 0 Å². The summed E-state index contributed by atoms with van der Waals surface area (Å²) in [6.45, 7) is 1.92. The molecule has 0 aliphatic rings. The van der Waals surface area contributed by atoms with Crippen molar-refractivity contribution < 1.29 is 4.42 Å². The first-order chi connectivity index (χ1) is 3.84. The molecule has 1 aromatic heterocycles. The van der Waals surface area contributed by atoms with E-state index in [1.54, 1.807) is 6.26 Å². The highest BCUT2D eigenvalue weighted by Crippen LogP contribution is 2.25. The molecule has 0 saturated carbocycles. The average Bonchev–Trinajstić information content (AvgIpc) is 2.14. The molecule has 44 valence electrons.